The molecule has 1 aromatic carbocycles. The molecule has 3 rings (SSSR count). The van der Waals surface area contributed by atoms with Gasteiger partial charge in [0.15, 0.2) is 0 Å². The molecule has 0 aliphatic carbocycles. The molecule has 0 atom stereocenters. The lowest BCUT2D eigenvalue weighted by Gasteiger charge is -2.10. The topological polar surface area (TPSA) is 118 Å². The molecule has 0 bridgehead atoms. The molecule has 0 amide bonds. The van der Waals surface area contributed by atoms with E-state index in [0.717, 1.165) is 4.88 Å². The Morgan fingerprint density at radius 2 is 1.38 bits per heavy atom. The van der Waals surface area contributed by atoms with Crippen LogP contribution in [0.3, 0.4) is 0 Å². The van der Waals surface area contributed by atoms with Crippen LogP contribution in [0, 0.1) is 27.7 Å². The van der Waals surface area contributed by atoms with Crippen molar-refractivity contribution >= 4 is 43.0 Å². The number of nitrogens with zero attached hydrogens (tertiary/aromatic N) is 2. The number of rotatable bonds is 6. The van der Waals surface area contributed by atoms with Gasteiger partial charge < -0.3 is 0 Å². The minimum atomic E-state index is -3.91. The summed E-state index contributed by atoms with van der Waals surface area (Å²) in [5.41, 5.74) is 1.53. The Hall–Kier alpha value is -2.50. The third kappa shape index (κ3) is 4.92. The van der Waals surface area contributed by atoms with E-state index in [-0.39, 0.29) is 21.4 Å². The highest BCUT2D eigenvalue weighted by atomic mass is 32.2. The summed E-state index contributed by atoms with van der Waals surface area (Å²) in [5, 5.41) is 0. The van der Waals surface area contributed by atoms with E-state index < -0.39 is 20.0 Å². The number of sulfonamides is 2. The van der Waals surface area contributed by atoms with Gasteiger partial charge in [-0.2, -0.15) is 0 Å². The minimum absolute atomic E-state index is 0.0180. The molecule has 154 valence electrons. The monoisotopic (exact) mass is 452 g/mol. The minimum Gasteiger partial charge on any atom is -0.280 e. The Labute approximate surface area is 174 Å². The van der Waals surface area contributed by atoms with Gasteiger partial charge in [0.25, 0.3) is 20.0 Å². The van der Waals surface area contributed by atoms with Crippen LogP contribution in [0.15, 0.2) is 46.2 Å². The molecule has 0 aliphatic rings. The van der Waals surface area contributed by atoms with Gasteiger partial charge in [0.05, 0.1) is 4.90 Å². The fraction of sp³-hybridized carbons (Fsp3) is 0.222. The van der Waals surface area contributed by atoms with Crippen LogP contribution >= 0.6 is 11.3 Å². The molecule has 0 saturated heterocycles. The fourth-order valence-corrected chi connectivity index (χ4v) is 6.30. The lowest BCUT2D eigenvalue weighted by atomic mass is 10.3. The molecule has 0 unspecified atom stereocenters. The third-order valence-corrected chi connectivity index (χ3v) is 7.86. The molecule has 3 aromatic rings. The predicted molar refractivity (Wildman–Crippen MR) is 113 cm³/mol. The number of thiophene rings is 1. The van der Waals surface area contributed by atoms with Crippen LogP contribution in [0.2, 0.25) is 0 Å². The first-order valence-corrected chi connectivity index (χ1v) is 12.3. The zero-order valence-electron chi connectivity index (χ0n) is 16.2. The molecule has 0 spiro atoms. The highest BCUT2D eigenvalue weighted by Gasteiger charge is 2.20. The molecule has 0 fully saturated rings. The van der Waals surface area contributed by atoms with Gasteiger partial charge in [0.1, 0.15) is 4.90 Å². The highest BCUT2D eigenvalue weighted by molar-refractivity contribution is 7.93. The molecule has 0 radical (unpaired) electrons. The van der Waals surface area contributed by atoms with Crippen molar-refractivity contribution < 1.29 is 16.8 Å². The normalized spacial score (nSPS) is 12.0. The Kier molecular flexibility index (Phi) is 5.65. The highest BCUT2D eigenvalue weighted by Crippen LogP contribution is 2.27. The zero-order chi connectivity index (χ0) is 21.4. The standard InChI is InChI=1S/C18H20N4O4S3/c1-11-9-12(2)20-18(19-11)22-28(23,24)16-7-5-15(6-8-16)21-29(25,26)17-10-13(3)27-14(17)4/h5-10,21H,1-4H3,(H,19,20,22). The fourth-order valence-electron chi connectivity index (χ4n) is 2.74. The Morgan fingerprint density at radius 1 is 0.793 bits per heavy atom. The second-order valence-corrected chi connectivity index (χ2v) is 11.3. The van der Waals surface area contributed by atoms with E-state index in [1.54, 1.807) is 32.9 Å². The van der Waals surface area contributed by atoms with Crippen LogP contribution < -0.4 is 9.44 Å². The number of hydrogen-bond acceptors (Lipinski definition) is 7. The first kappa shape index (κ1) is 21.2. The van der Waals surface area contributed by atoms with E-state index in [9.17, 15) is 16.8 Å². The van der Waals surface area contributed by atoms with Crippen LogP contribution in [0.5, 0.6) is 0 Å². The van der Waals surface area contributed by atoms with Crippen LogP contribution in [0.1, 0.15) is 21.1 Å². The zero-order valence-corrected chi connectivity index (χ0v) is 18.7. The summed E-state index contributed by atoms with van der Waals surface area (Å²) in [6.07, 6.45) is 0. The average Bonchev–Trinajstić information content (AvgIpc) is 2.93. The molecule has 29 heavy (non-hydrogen) atoms. The van der Waals surface area contributed by atoms with Gasteiger partial charge in [-0.3, -0.25) is 4.72 Å². The maximum atomic E-state index is 12.6. The lowest BCUT2D eigenvalue weighted by molar-refractivity contribution is 0.599. The SMILES string of the molecule is Cc1cc(C)nc(NS(=O)(=O)c2ccc(NS(=O)(=O)c3cc(C)sc3C)cc2)n1. The van der Waals surface area contributed by atoms with Crippen molar-refractivity contribution in [1.82, 2.24) is 9.97 Å². The first-order valence-electron chi connectivity index (χ1n) is 8.51. The van der Waals surface area contributed by atoms with Gasteiger partial charge in [-0.15, -0.1) is 11.3 Å². The van der Waals surface area contributed by atoms with E-state index in [0.29, 0.717) is 16.3 Å². The van der Waals surface area contributed by atoms with E-state index in [2.05, 4.69) is 19.4 Å². The summed E-state index contributed by atoms with van der Waals surface area (Å²) < 4.78 is 55.1. The predicted octanol–water partition coefficient (Wildman–Crippen LogP) is 3.37. The summed E-state index contributed by atoms with van der Waals surface area (Å²) in [6.45, 7) is 7.06. The maximum Gasteiger partial charge on any atom is 0.264 e. The van der Waals surface area contributed by atoms with Crippen LogP contribution in [-0.4, -0.2) is 26.8 Å². The number of nitrogens with one attached hydrogen (secondary N) is 2. The van der Waals surface area contributed by atoms with Crippen molar-refractivity contribution in [2.45, 2.75) is 37.5 Å². The largest absolute Gasteiger partial charge is 0.280 e. The second kappa shape index (κ2) is 7.73. The van der Waals surface area contributed by atoms with Crippen LogP contribution in [-0.2, 0) is 20.0 Å². The Morgan fingerprint density at radius 3 is 1.90 bits per heavy atom. The van der Waals surface area contributed by atoms with E-state index in [1.165, 1.54) is 35.6 Å². The van der Waals surface area contributed by atoms with Crippen molar-refractivity contribution in [3.8, 4) is 0 Å². The number of anilines is 2. The molecule has 11 heteroatoms. The van der Waals surface area contributed by atoms with Gasteiger partial charge in [0, 0.05) is 26.8 Å². The number of benzene rings is 1. The quantitative estimate of drug-likeness (QED) is 0.592. The molecular weight excluding hydrogens is 432 g/mol. The molecule has 8 nitrogen and oxygen atoms in total. The van der Waals surface area contributed by atoms with Gasteiger partial charge in [-0.05, 0) is 64.1 Å². The number of aromatic nitrogens is 2. The van der Waals surface area contributed by atoms with E-state index in [4.69, 9.17) is 0 Å². The smallest absolute Gasteiger partial charge is 0.264 e. The summed E-state index contributed by atoms with van der Waals surface area (Å²) in [4.78, 5) is 9.88. The van der Waals surface area contributed by atoms with Gasteiger partial charge >= 0.3 is 0 Å². The molecule has 0 saturated carbocycles. The van der Waals surface area contributed by atoms with Crippen LogP contribution in [0.25, 0.3) is 0 Å². The molecule has 0 aliphatic heterocycles. The third-order valence-electron chi connectivity index (χ3n) is 3.91. The lowest BCUT2D eigenvalue weighted by Crippen LogP contribution is -2.16. The van der Waals surface area contributed by atoms with Gasteiger partial charge in [-0.1, -0.05) is 0 Å². The summed E-state index contributed by atoms with van der Waals surface area (Å²) >= 11 is 1.40. The van der Waals surface area contributed by atoms with E-state index in [1.807, 2.05) is 6.92 Å². The molecule has 2 heterocycles. The number of hydrogen-bond donors (Lipinski definition) is 2. The summed E-state index contributed by atoms with van der Waals surface area (Å²) in [6, 6.07) is 8.75. The summed E-state index contributed by atoms with van der Waals surface area (Å²) in [7, 11) is -7.67. The summed E-state index contributed by atoms with van der Waals surface area (Å²) in [5.74, 6) is -0.0180. The van der Waals surface area contributed by atoms with Crippen molar-refractivity contribution in [2.75, 3.05) is 9.44 Å². The van der Waals surface area contributed by atoms with Gasteiger partial charge in [0.2, 0.25) is 5.95 Å². The molecule has 2 aromatic heterocycles. The molecular formula is C18H20N4O4S3. The second-order valence-electron chi connectivity index (χ2n) is 6.49. The van der Waals surface area contributed by atoms with E-state index >= 15 is 0 Å². The van der Waals surface area contributed by atoms with Crippen molar-refractivity contribution in [2.24, 2.45) is 0 Å². The van der Waals surface area contributed by atoms with Crippen molar-refractivity contribution in [3.63, 3.8) is 0 Å². The average molecular weight is 453 g/mol. The maximum absolute atomic E-state index is 12.6. The first-order chi connectivity index (χ1) is 13.5. The van der Waals surface area contributed by atoms with Gasteiger partial charge in [-0.25, -0.2) is 31.5 Å². The Bertz CT molecular complexity index is 1240. The van der Waals surface area contributed by atoms with Crippen LogP contribution in [0.4, 0.5) is 11.6 Å². The Balaban J connectivity index is 1.81. The molecule has 2 N–H and O–H groups in total. The van der Waals surface area contributed by atoms with Crippen molar-refractivity contribution in [1.29, 1.82) is 0 Å². The number of aryl methyl sites for hydroxylation is 4. The van der Waals surface area contributed by atoms with Crippen molar-refractivity contribution in [3.05, 3.63) is 57.5 Å².